The number of carbonyl (C=O) groups is 2. The first kappa shape index (κ1) is 24.2. The molecule has 3 unspecified atom stereocenters. The van der Waals surface area contributed by atoms with E-state index in [2.05, 4.69) is 5.32 Å². The molecule has 0 spiro atoms. The summed E-state index contributed by atoms with van der Waals surface area (Å²) in [7, 11) is -3.72. The number of hydrogen-bond donors (Lipinski definition) is 1. The topological polar surface area (TPSA) is 102 Å². The van der Waals surface area contributed by atoms with Gasteiger partial charge in [0.1, 0.15) is 0 Å². The number of carbonyl (C=O) groups excluding carboxylic acids is 2. The van der Waals surface area contributed by atoms with Crippen LogP contribution < -0.4 is 5.32 Å². The number of morpholine rings is 1. The first-order valence-electron chi connectivity index (χ1n) is 10.1. The van der Waals surface area contributed by atoms with Crippen LogP contribution in [0.1, 0.15) is 31.1 Å². The van der Waals surface area contributed by atoms with E-state index in [9.17, 15) is 18.0 Å². The zero-order chi connectivity index (χ0) is 23.5. The molecule has 2 aromatic rings. The van der Waals surface area contributed by atoms with Crippen LogP contribution in [-0.2, 0) is 24.3 Å². The summed E-state index contributed by atoms with van der Waals surface area (Å²) in [5, 5.41) is 3.16. The summed E-state index contributed by atoms with van der Waals surface area (Å²) in [4.78, 5) is 24.7. The van der Waals surface area contributed by atoms with Gasteiger partial charge in [0, 0.05) is 23.8 Å². The van der Waals surface area contributed by atoms with Crippen molar-refractivity contribution in [2.24, 2.45) is 0 Å². The summed E-state index contributed by atoms with van der Waals surface area (Å²) in [5.41, 5.74) is 0.655. The molecule has 1 amide bonds. The number of amides is 1. The predicted octanol–water partition coefficient (Wildman–Crippen LogP) is 3.32. The van der Waals surface area contributed by atoms with Crippen molar-refractivity contribution >= 4 is 39.2 Å². The summed E-state index contributed by atoms with van der Waals surface area (Å²) in [6, 6.07) is 12.0. The van der Waals surface area contributed by atoms with Crippen LogP contribution in [0.3, 0.4) is 0 Å². The van der Waals surface area contributed by atoms with E-state index in [1.807, 2.05) is 13.8 Å². The van der Waals surface area contributed by atoms with Gasteiger partial charge in [-0.05, 0) is 69.3 Å². The third kappa shape index (κ3) is 5.86. The fourth-order valence-electron chi connectivity index (χ4n) is 3.30. The molecule has 8 nitrogen and oxygen atoms in total. The molecular formula is C22H25ClN2O6S. The molecule has 10 heteroatoms. The number of esters is 1. The SMILES string of the molecule is CC1CN(S(=O)(=O)c2ccc(C(=O)OC(C)C(=O)Nc3ccc(Cl)cc3)cc2)CC(C)O1. The summed E-state index contributed by atoms with van der Waals surface area (Å²) < 4.78 is 38.0. The van der Waals surface area contributed by atoms with Crippen molar-refractivity contribution < 1.29 is 27.5 Å². The van der Waals surface area contributed by atoms with E-state index in [1.54, 1.807) is 24.3 Å². The summed E-state index contributed by atoms with van der Waals surface area (Å²) >= 11 is 5.82. The molecule has 1 N–H and O–H groups in total. The maximum Gasteiger partial charge on any atom is 0.338 e. The van der Waals surface area contributed by atoms with Crippen molar-refractivity contribution in [3.05, 3.63) is 59.1 Å². The molecule has 0 radical (unpaired) electrons. The molecule has 0 aliphatic carbocycles. The van der Waals surface area contributed by atoms with Crippen LogP contribution in [0.4, 0.5) is 5.69 Å². The highest BCUT2D eigenvalue weighted by Crippen LogP contribution is 2.22. The highest BCUT2D eigenvalue weighted by Gasteiger charge is 2.32. The molecule has 0 bridgehead atoms. The second kappa shape index (κ2) is 9.99. The molecule has 172 valence electrons. The fraction of sp³-hybridized carbons (Fsp3) is 0.364. The average Bonchev–Trinajstić information content (AvgIpc) is 2.74. The molecule has 1 fully saturated rings. The predicted molar refractivity (Wildman–Crippen MR) is 120 cm³/mol. The normalized spacial score (nSPS) is 20.4. The molecule has 0 saturated carbocycles. The molecule has 1 aliphatic heterocycles. The Hall–Kier alpha value is -2.46. The van der Waals surface area contributed by atoms with Gasteiger partial charge in [-0.2, -0.15) is 4.31 Å². The lowest BCUT2D eigenvalue weighted by Crippen LogP contribution is -2.48. The van der Waals surface area contributed by atoms with Gasteiger partial charge in [-0.15, -0.1) is 0 Å². The minimum Gasteiger partial charge on any atom is -0.449 e. The van der Waals surface area contributed by atoms with Crippen LogP contribution in [-0.4, -0.2) is 56.0 Å². The number of halogens is 1. The zero-order valence-corrected chi connectivity index (χ0v) is 19.5. The molecule has 1 aliphatic rings. The molecule has 0 aromatic heterocycles. The standard InChI is InChI=1S/C22H25ClN2O6S/c1-14-12-25(13-15(2)30-14)32(28,29)20-10-4-17(5-11-20)22(27)31-16(3)21(26)24-19-8-6-18(23)7-9-19/h4-11,14-16H,12-13H2,1-3H3,(H,24,26). The van der Waals surface area contributed by atoms with Gasteiger partial charge < -0.3 is 14.8 Å². The monoisotopic (exact) mass is 480 g/mol. The maximum atomic E-state index is 12.9. The first-order valence-corrected chi connectivity index (χ1v) is 11.9. The number of benzene rings is 2. The van der Waals surface area contributed by atoms with Crippen LogP contribution in [0.5, 0.6) is 0 Å². The summed E-state index contributed by atoms with van der Waals surface area (Å²) in [5.74, 6) is -1.24. The van der Waals surface area contributed by atoms with Gasteiger partial charge in [-0.25, -0.2) is 13.2 Å². The van der Waals surface area contributed by atoms with E-state index in [0.29, 0.717) is 10.7 Å². The van der Waals surface area contributed by atoms with Crippen molar-refractivity contribution in [1.29, 1.82) is 0 Å². The van der Waals surface area contributed by atoms with Gasteiger partial charge in [-0.3, -0.25) is 4.79 Å². The zero-order valence-electron chi connectivity index (χ0n) is 17.9. The lowest BCUT2D eigenvalue weighted by molar-refractivity contribution is -0.123. The Bertz CT molecular complexity index is 1060. The van der Waals surface area contributed by atoms with Gasteiger partial charge in [-0.1, -0.05) is 11.6 Å². The highest BCUT2D eigenvalue weighted by molar-refractivity contribution is 7.89. The Labute approximate surface area is 192 Å². The largest absolute Gasteiger partial charge is 0.449 e. The van der Waals surface area contributed by atoms with E-state index in [1.165, 1.54) is 35.5 Å². The first-order chi connectivity index (χ1) is 15.1. The average molecular weight is 481 g/mol. The Morgan fingerprint density at radius 1 is 1.06 bits per heavy atom. The second-order valence-corrected chi connectivity index (χ2v) is 10.0. The van der Waals surface area contributed by atoms with Crippen LogP contribution >= 0.6 is 11.6 Å². The number of anilines is 1. The molecule has 3 rings (SSSR count). The van der Waals surface area contributed by atoms with Crippen molar-refractivity contribution in [2.75, 3.05) is 18.4 Å². The van der Waals surface area contributed by atoms with E-state index in [0.717, 1.165) is 0 Å². The van der Waals surface area contributed by atoms with Gasteiger partial charge in [0.15, 0.2) is 6.10 Å². The smallest absolute Gasteiger partial charge is 0.338 e. The molecule has 1 heterocycles. The van der Waals surface area contributed by atoms with Crippen LogP contribution in [0, 0.1) is 0 Å². The summed E-state index contributed by atoms with van der Waals surface area (Å²) in [6.45, 7) is 5.61. The lowest BCUT2D eigenvalue weighted by Gasteiger charge is -2.34. The van der Waals surface area contributed by atoms with E-state index in [4.69, 9.17) is 21.1 Å². The number of hydrogen-bond acceptors (Lipinski definition) is 6. The highest BCUT2D eigenvalue weighted by atomic mass is 35.5. The number of nitrogens with zero attached hydrogens (tertiary/aromatic N) is 1. The molecular weight excluding hydrogens is 456 g/mol. The Kier molecular flexibility index (Phi) is 7.55. The molecule has 1 saturated heterocycles. The maximum absolute atomic E-state index is 12.9. The Balaban J connectivity index is 1.63. The van der Waals surface area contributed by atoms with E-state index in [-0.39, 0.29) is 35.8 Å². The molecule has 2 aromatic carbocycles. The van der Waals surface area contributed by atoms with Gasteiger partial charge in [0.25, 0.3) is 5.91 Å². The van der Waals surface area contributed by atoms with Crippen molar-refractivity contribution in [1.82, 2.24) is 4.31 Å². The minimum absolute atomic E-state index is 0.0730. The molecule has 32 heavy (non-hydrogen) atoms. The second-order valence-electron chi connectivity index (χ2n) is 7.65. The number of nitrogens with one attached hydrogen (secondary N) is 1. The van der Waals surface area contributed by atoms with Crippen molar-refractivity contribution in [3.8, 4) is 0 Å². The number of ether oxygens (including phenoxy) is 2. The fourth-order valence-corrected chi connectivity index (χ4v) is 5.01. The quantitative estimate of drug-likeness (QED) is 0.636. The van der Waals surface area contributed by atoms with E-state index >= 15 is 0 Å². The Morgan fingerprint density at radius 3 is 2.19 bits per heavy atom. The Morgan fingerprint density at radius 2 is 1.62 bits per heavy atom. The van der Waals surface area contributed by atoms with Crippen LogP contribution in [0.2, 0.25) is 5.02 Å². The molecule has 3 atom stereocenters. The third-order valence-electron chi connectivity index (χ3n) is 4.88. The van der Waals surface area contributed by atoms with Gasteiger partial charge >= 0.3 is 5.97 Å². The summed E-state index contributed by atoms with van der Waals surface area (Å²) in [6.07, 6.45) is -1.47. The van der Waals surface area contributed by atoms with Crippen LogP contribution in [0.25, 0.3) is 0 Å². The third-order valence-corrected chi connectivity index (χ3v) is 6.98. The minimum atomic E-state index is -3.72. The van der Waals surface area contributed by atoms with Gasteiger partial charge in [0.05, 0.1) is 22.7 Å². The number of rotatable bonds is 6. The lowest BCUT2D eigenvalue weighted by atomic mass is 10.2. The van der Waals surface area contributed by atoms with Crippen LogP contribution in [0.15, 0.2) is 53.4 Å². The van der Waals surface area contributed by atoms with Gasteiger partial charge in [0.2, 0.25) is 10.0 Å². The van der Waals surface area contributed by atoms with Crippen molar-refractivity contribution in [3.63, 3.8) is 0 Å². The van der Waals surface area contributed by atoms with Crippen molar-refractivity contribution in [2.45, 2.75) is 44.0 Å². The van der Waals surface area contributed by atoms with E-state index < -0.39 is 28.0 Å². The number of sulfonamides is 1.